The van der Waals surface area contributed by atoms with Crippen LogP contribution in [0.5, 0.6) is 0 Å². The van der Waals surface area contributed by atoms with Gasteiger partial charge in [0.15, 0.2) is 0 Å². The van der Waals surface area contributed by atoms with Crippen LogP contribution < -0.4 is 5.32 Å². The lowest BCUT2D eigenvalue weighted by Gasteiger charge is -2.18. The molecule has 0 amide bonds. The lowest BCUT2D eigenvalue weighted by Crippen LogP contribution is -2.17. The first-order valence-electron chi connectivity index (χ1n) is 5.98. The predicted molar refractivity (Wildman–Crippen MR) is 73.5 cm³/mol. The monoisotopic (exact) mass is 242 g/mol. The van der Waals surface area contributed by atoms with E-state index in [1.807, 2.05) is 31.4 Å². The van der Waals surface area contributed by atoms with Crippen LogP contribution in [-0.2, 0) is 5.41 Å². The highest BCUT2D eigenvalue weighted by Crippen LogP contribution is 2.24. The molecule has 2 rings (SSSR count). The van der Waals surface area contributed by atoms with Crippen LogP contribution in [0.25, 0.3) is 11.3 Å². The molecule has 0 saturated carbocycles. The maximum absolute atomic E-state index is 4.63. The largest absolute Gasteiger partial charge is 0.373 e. The molecule has 18 heavy (non-hydrogen) atoms. The molecule has 0 saturated heterocycles. The van der Waals surface area contributed by atoms with E-state index < -0.39 is 0 Å². The van der Waals surface area contributed by atoms with E-state index in [-0.39, 0.29) is 5.41 Å². The Balaban J connectivity index is 2.55. The van der Waals surface area contributed by atoms with Gasteiger partial charge in [-0.15, -0.1) is 0 Å². The average Bonchev–Trinajstić information content (AvgIpc) is 2.38. The summed E-state index contributed by atoms with van der Waals surface area (Å²) < 4.78 is 0. The van der Waals surface area contributed by atoms with Crippen LogP contribution in [0.2, 0.25) is 0 Å². The van der Waals surface area contributed by atoms with E-state index in [1.165, 1.54) is 0 Å². The van der Waals surface area contributed by atoms with Crippen LogP contribution in [-0.4, -0.2) is 22.0 Å². The molecule has 0 spiro atoms. The number of aromatic nitrogens is 3. The lowest BCUT2D eigenvalue weighted by molar-refractivity contribution is 0.547. The third-order valence-corrected chi connectivity index (χ3v) is 2.61. The van der Waals surface area contributed by atoms with Crippen molar-refractivity contribution < 1.29 is 0 Å². The molecule has 0 aliphatic carbocycles. The van der Waals surface area contributed by atoms with Gasteiger partial charge >= 0.3 is 0 Å². The van der Waals surface area contributed by atoms with Crippen LogP contribution in [0.4, 0.5) is 5.82 Å². The zero-order chi connectivity index (χ0) is 13.2. The van der Waals surface area contributed by atoms with E-state index in [0.717, 1.165) is 22.9 Å². The van der Waals surface area contributed by atoms with Crippen molar-refractivity contribution in [3.63, 3.8) is 0 Å². The maximum atomic E-state index is 4.63. The third-order valence-electron chi connectivity index (χ3n) is 2.61. The number of hydrogen-bond donors (Lipinski definition) is 1. The van der Waals surface area contributed by atoms with E-state index in [2.05, 4.69) is 41.0 Å². The molecule has 0 aliphatic heterocycles. The predicted octanol–water partition coefficient (Wildman–Crippen LogP) is 2.88. The van der Waals surface area contributed by atoms with Crippen molar-refractivity contribution in [1.29, 1.82) is 0 Å². The minimum absolute atomic E-state index is 0.0795. The summed E-state index contributed by atoms with van der Waals surface area (Å²) in [5.74, 6) is 1.65. The first-order chi connectivity index (χ1) is 8.50. The molecule has 0 radical (unpaired) electrons. The Morgan fingerprint density at radius 3 is 2.50 bits per heavy atom. The molecule has 4 heteroatoms. The highest BCUT2D eigenvalue weighted by Gasteiger charge is 2.19. The zero-order valence-corrected chi connectivity index (χ0v) is 11.2. The molecule has 0 bridgehead atoms. The van der Waals surface area contributed by atoms with Gasteiger partial charge in [-0.3, -0.25) is 4.98 Å². The summed E-state index contributed by atoms with van der Waals surface area (Å²) >= 11 is 0. The van der Waals surface area contributed by atoms with Crippen LogP contribution in [0.15, 0.2) is 30.6 Å². The maximum Gasteiger partial charge on any atom is 0.136 e. The molecule has 2 aromatic rings. The van der Waals surface area contributed by atoms with Crippen molar-refractivity contribution in [3.8, 4) is 11.3 Å². The van der Waals surface area contributed by atoms with E-state index in [4.69, 9.17) is 0 Å². The number of nitrogens with zero attached hydrogens (tertiary/aromatic N) is 3. The van der Waals surface area contributed by atoms with Gasteiger partial charge in [-0.05, 0) is 12.1 Å². The topological polar surface area (TPSA) is 50.7 Å². The third kappa shape index (κ3) is 2.64. The second-order valence-electron chi connectivity index (χ2n) is 5.20. The van der Waals surface area contributed by atoms with Crippen LogP contribution >= 0.6 is 0 Å². The Morgan fingerprint density at radius 1 is 1.17 bits per heavy atom. The summed E-state index contributed by atoms with van der Waals surface area (Å²) in [7, 11) is 1.86. The number of nitrogens with one attached hydrogen (secondary N) is 1. The Bertz CT molecular complexity index is 529. The van der Waals surface area contributed by atoms with Gasteiger partial charge in [-0.25, -0.2) is 9.97 Å². The molecule has 0 unspecified atom stereocenters. The van der Waals surface area contributed by atoms with E-state index in [9.17, 15) is 0 Å². The molecule has 2 aromatic heterocycles. The Hall–Kier alpha value is -1.97. The Kier molecular flexibility index (Phi) is 3.28. The van der Waals surface area contributed by atoms with Crippen molar-refractivity contribution in [1.82, 2.24) is 15.0 Å². The second kappa shape index (κ2) is 4.72. The van der Waals surface area contributed by atoms with Crippen molar-refractivity contribution >= 4 is 5.82 Å². The van der Waals surface area contributed by atoms with Gasteiger partial charge in [0.05, 0.1) is 5.69 Å². The van der Waals surface area contributed by atoms with Gasteiger partial charge in [0.25, 0.3) is 0 Å². The summed E-state index contributed by atoms with van der Waals surface area (Å²) in [6.07, 6.45) is 3.57. The van der Waals surface area contributed by atoms with E-state index >= 15 is 0 Å². The smallest absolute Gasteiger partial charge is 0.136 e. The molecule has 0 aromatic carbocycles. The number of rotatable bonds is 2. The SMILES string of the molecule is CNc1cc(-c2cccnc2)nc(C(C)(C)C)n1. The van der Waals surface area contributed by atoms with Crippen LogP contribution in [0.1, 0.15) is 26.6 Å². The number of pyridine rings is 1. The van der Waals surface area contributed by atoms with Gasteiger partial charge in [0.1, 0.15) is 11.6 Å². The molecule has 0 atom stereocenters. The lowest BCUT2D eigenvalue weighted by atomic mass is 9.95. The minimum Gasteiger partial charge on any atom is -0.373 e. The molecule has 0 aliphatic rings. The quantitative estimate of drug-likeness (QED) is 0.879. The fourth-order valence-corrected chi connectivity index (χ4v) is 1.57. The number of anilines is 1. The van der Waals surface area contributed by atoms with Gasteiger partial charge in [0.2, 0.25) is 0 Å². The van der Waals surface area contributed by atoms with Crippen molar-refractivity contribution in [2.75, 3.05) is 12.4 Å². The fraction of sp³-hybridized carbons (Fsp3) is 0.357. The Labute approximate surface area is 108 Å². The minimum atomic E-state index is -0.0795. The first-order valence-corrected chi connectivity index (χ1v) is 5.98. The summed E-state index contributed by atoms with van der Waals surface area (Å²) in [5.41, 5.74) is 1.82. The number of hydrogen-bond acceptors (Lipinski definition) is 4. The molecule has 1 N–H and O–H groups in total. The highest BCUT2D eigenvalue weighted by atomic mass is 15.0. The standard InChI is InChI=1S/C14H18N4/c1-14(2,3)13-17-11(8-12(15-4)18-13)10-6-5-7-16-9-10/h5-9H,1-4H3,(H,15,17,18). The molecule has 0 fully saturated rings. The zero-order valence-electron chi connectivity index (χ0n) is 11.2. The van der Waals surface area contributed by atoms with Crippen molar-refractivity contribution in [2.24, 2.45) is 0 Å². The van der Waals surface area contributed by atoms with Crippen LogP contribution in [0.3, 0.4) is 0 Å². The Morgan fingerprint density at radius 2 is 1.94 bits per heavy atom. The summed E-state index contributed by atoms with van der Waals surface area (Å²) in [6, 6.07) is 5.85. The first kappa shape index (κ1) is 12.5. The summed E-state index contributed by atoms with van der Waals surface area (Å²) in [5, 5.41) is 3.08. The highest BCUT2D eigenvalue weighted by molar-refractivity contribution is 5.61. The van der Waals surface area contributed by atoms with Gasteiger partial charge in [-0.2, -0.15) is 0 Å². The van der Waals surface area contributed by atoms with Crippen LogP contribution in [0, 0.1) is 0 Å². The molecular weight excluding hydrogens is 224 g/mol. The van der Waals surface area contributed by atoms with Crippen molar-refractivity contribution in [3.05, 3.63) is 36.4 Å². The molecular formula is C14H18N4. The van der Waals surface area contributed by atoms with E-state index in [0.29, 0.717) is 0 Å². The van der Waals surface area contributed by atoms with Gasteiger partial charge in [0, 0.05) is 36.5 Å². The van der Waals surface area contributed by atoms with Gasteiger partial charge in [-0.1, -0.05) is 20.8 Å². The average molecular weight is 242 g/mol. The molecule has 4 nitrogen and oxygen atoms in total. The normalized spacial score (nSPS) is 11.3. The molecule has 2 heterocycles. The summed E-state index contributed by atoms with van der Waals surface area (Å²) in [4.78, 5) is 13.3. The van der Waals surface area contributed by atoms with Gasteiger partial charge < -0.3 is 5.32 Å². The fourth-order valence-electron chi connectivity index (χ4n) is 1.57. The second-order valence-corrected chi connectivity index (χ2v) is 5.20. The summed E-state index contributed by atoms with van der Waals surface area (Å²) in [6.45, 7) is 6.32. The van der Waals surface area contributed by atoms with E-state index in [1.54, 1.807) is 6.20 Å². The van der Waals surface area contributed by atoms with Crippen molar-refractivity contribution in [2.45, 2.75) is 26.2 Å². The molecule has 94 valence electrons.